The molecule has 0 saturated heterocycles. The summed E-state index contributed by atoms with van der Waals surface area (Å²) in [6.45, 7) is 1.41. The summed E-state index contributed by atoms with van der Waals surface area (Å²) in [7, 11) is 0. The van der Waals surface area contributed by atoms with Crippen molar-refractivity contribution in [1.82, 2.24) is 0 Å². The molecule has 0 unspecified atom stereocenters. The fraction of sp³-hybridized carbons (Fsp3) is 0.0714. The zero-order valence-corrected chi connectivity index (χ0v) is 21.3. The van der Waals surface area contributed by atoms with Gasteiger partial charge in [0.15, 0.2) is 23.3 Å². The van der Waals surface area contributed by atoms with Crippen LogP contribution >= 0.6 is 23.2 Å². The van der Waals surface area contributed by atoms with Crippen LogP contribution in [0.15, 0.2) is 65.3 Å². The second kappa shape index (κ2) is 10.3. The largest absolute Gasteiger partial charge is 0.488 e. The van der Waals surface area contributed by atoms with Gasteiger partial charge in [0.05, 0.1) is 11.3 Å². The molecular formula is C28H15Cl2F5N2O2. The summed E-state index contributed by atoms with van der Waals surface area (Å²) in [5.74, 6) is -11.8. The maximum atomic E-state index is 14.5. The topological polar surface area (TPSA) is 41.9 Å². The third kappa shape index (κ3) is 4.72. The number of amides is 1. The molecule has 4 nitrogen and oxygen atoms in total. The van der Waals surface area contributed by atoms with E-state index in [1.54, 1.807) is 42.5 Å². The standard InChI is InChI=1S/C28H15Cl2F5N2O2/c1-13-18(28(38)37(36-13)27-25(34)23(32)22(31)24(33)26(27)35)11-19-17-5-3-2-4-14(17)7-9-21(19)39-12-15-6-8-16(29)10-20(15)30/h2-11H,12H2,1H3/b18-11-. The fourth-order valence-electron chi connectivity index (χ4n) is 4.10. The van der Waals surface area contributed by atoms with Crippen molar-refractivity contribution in [2.45, 2.75) is 13.5 Å². The van der Waals surface area contributed by atoms with Gasteiger partial charge in [-0.25, -0.2) is 22.0 Å². The van der Waals surface area contributed by atoms with Crippen molar-refractivity contribution in [2.75, 3.05) is 5.01 Å². The molecule has 0 saturated carbocycles. The van der Waals surface area contributed by atoms with Crippen molar-refractivity contribution >= 4 is 57.4 Å². The van der Waals surface area contributed by atoms with Crippen LogP contribution in [-0.4, -0.2) is 11.6 Å². The molecular weight excluding hydrogens is 562 g/mol. The van der Waals surface area contributed by atoms with Gasteiger partial charge in [0.1, 0.15) is 18.0 Å². The number of hydrogen-bond acceptors (Lipinski definition) is 3. The average molecular weight is 577 g/mol. The third-order valence-electron chi connectivity index (χ3n) is 6.08. The van der Waals surface area contributed by atoms with E-state index in [0.717, 1.165) is 5.39 Å². The fourth-order valence-corrected chi connectivity index (χ4v) is 4.57. The molecule has 4 aromatic carbocycles. The lowest BCUT2D eigenvalue weighted by molar-refractivity contribution is -0.114. The summed E-state index contributed by atoms with van der Waals surface area (Å²) in [6, 6.07) is 15.6. The number of anilines is 1. The number of hydrazone groups is 1. The van der Waals surface area contributed by atoms with Gasteiger partial charge >= 0.3 is 0 Å². The lowest BCUT2D eigenvalue weighted by Gasteiger charge is -2.15. The van der Waals surface area contributed by atoms with Gasteiger partial charge in [-0.2, -0.15) is 10.1 Å². The number of rotatable bonds is 5. The maximum absolute atomic E-state index is 14.5. The highest BCUT2D eigenvalue weighted by atomic mass is 35.5. The van der Waals surface area contributed by atoms with Crippen molar-refractivity contribution in [1.29, 1.82) is 0 Å². The van der Waals surface area contributed by atoms with Crippen LogP contribution in [0, 0.1) is 29.1 Å². The second-order valence-electron chi connectivity index (χ2n) is 8.50. The van der Waals surface area contributed by atoms with E-state index in [0.29, 0.717) is 32.3 Å². The van der Waals surface area contributed by atoms with Gasteiger partial charge in [-0.3, -0.25) is 4.79 Å². The van der Waals surface area contributed by atoms with E-state index in [1.807, 2.05) is 12.1 Å². The predicted octanol–water partition coefficient (Wildman–Crippen LogP) is 8.23. The summed E-state index contributed by atoms with van der Waals surface area (Å²) in [5.41, 5.74) is -0.547. The number of carbonyl (C=O) groups excluding carboxylic acids is 1. The molecule has 0 N–H and O–H groups in total. The van der Waals surface area contributed by atoms with Gasteiger partial charge in [0.25, 0.3) is 5.91 Å². The van der Waals surface area contributed by atoms with Crippen molar-refractivity contribution in [3.63, 3.8) is 0 Å². The smallest absolute Gasteiger partial charge is 0.280 e. The van der Waals surface area contributed by atoms with Gasteiger partial charge in [0, 0.05) is 21.2 Å². The van der Waals surface area contributed by atoms with Gasteiger partial charge < -0.3 is 4.74 Å². The molecule has 0 fully saturated rings. The summed E-state index contributed by atoms with van der Waals surface area (Å²) in [4.78, 5) is 13.2. The van der Waals surface area contributed by atoms with E-state index in [2.05, 4.69) is 5.10 Å². The van der Waals surface area contributed by atoms with E-state index < -0.39 is 40.7 Å². The number of benzene rings is 4. The summed E-state index contributed by atoms with van der Waals surface area (Å²) in [5, 5.41) is 6.26. The third-order valence-corrected chi connectivity index (χ3v) is 6.67. The molecule has 39 heavy (non-hydrogen) atoms. The van der Waals surface area contributed by atoms with Gasteiger partial charge in [-0.05, 0) is 42.0 Å². The Kier molecular flexibility index (Phi) is 7.05. The Labute approximate surface area is 228 Å². The number of halogens is 7. The van der Waals surface area contributed by atoms with Gasteiger partial charge in [-0.15, -0.1) is 0 Å². The Balaban J connectivity index is 1.59. The van der Waals surface area contributed by atoms with E-state index in [-0.39, 0.29) is 22.9 Å². The summed E-state index contributed by atoms with van der Waals surface area (Å²) in [6.07, 6.45) is 1.40. The monoisotopic (exact) mass is 576 g/mol. The maximum Gasteiger partial charge on any atom is 0.280 e. The minimum atomic E-state index is -2.34. The van der Waals surface area contributed by atoms with E-state index in [4.69, 9.17) is 27.9 Å². The Hall–Kier alpha value is -3.95. The number of nitrogens with zero attached hydrogens (tertiary/aromatic N) is 2. The lowest BCUT2D eigenvalue weighted by atomic mass is 9.99. The van der Waals surface area contributed by atoms with Crippen molar-refractivity contribution in [3.05, 3.63) is 110 Å². The zero-order chi connectivity index (χ0) is 28.0. The minimum Gasteiger partial charge on any atom is -0.488 e. The molecule has 1 amide bonds. The second-order valence-corrected chi connectivity index (χ2v) is 9.35. The van der Waals surface area contributed by atoms with Crippen molar-refractivity contribution < 1.29 is 31.5 Å². The average Bonchev–Trinajstić information content (AvgIpc) is 3.19. The number of ether oxygens (including phenoxy) is 1. The van der Waals surface area contributed by atoms with Crippen LogP contribution in [0.4, 0.5) is 27.6 Å². The first-order chi connectivity index (χ1) is 18.6. The SMILES string of the molecule is CC1=NN(c2c(F)c(F)c(F)c(F)c2F)C(=O)/C1=C\c1c(OCc2ccc(Cl)cc2Cl)ccc2ccccc12. The van der Waals surface area contributed by atoms with Crippen LogP contribution < -0.4 is 9.75 Å². The van der Waals surface area contributed by atoms with E-state index in [1.165, 1.54) is 13.0 Å². The molecule has 0 aliphatic carbocycles. The molecule has 1 aliphatic rings. The van der Waals surface area contributed by atoms with E-state index in [9.17, 15) is 26.7 Å². The Morgan fingerprint density at radius 3 is 2.26 bits per heavy atom. The predicted molar refractivity (Wildman–Crippen MR) is 140 cm³/mol. The van der Waals surface area contributed by atoms with Crippen LogP contribution in [0.1, 0.15) is 18.1 Å². The number of carbonyl (C=O) groups is 1. The highest BCUT2D eigenvalue weighted by Gasteiger charge is 2.37. The molecule has 0 spiro atoms. The number of fused-ring (bicyclic) bond motifs is 1. The normalized spacial score (nSPS) is 14.5. The van der Waals surface area contributed by atoms with Crippen LogP contribution in [0.2, 0.25) is 10.0 Å². The molecule has 0 aromatic heterocycles. The Morgan fingerprint density at radius 2 is 1.56 bits per heavy atom. The Bertz CT molecular complexity index is 1710. The lowest BCUT2D eigenvalue weighted by Crippen LogP contribution is -2.25. The minimum absolute atomic E-state index is 0.0106. The van der Waals surface area contributed by atoms with Crippen LogP contribution in [0.25, 0.3) is 16.8 Å². The molecule has 1 heterocycles. The molecule has 0 radical (unpaired) electrons. The first-order valence-electron chi connectivity index (χ1n) is 11.3. The molecule has 0 bridgehead atoms. The molecule has 5 rings (SSSR count). The molecule has 1 aliphatic heterocycles. The quantitative estimate of drug-likeness (QED) is 0.104. The summed E-state index contributed by atoms with van der Waals surface area (Å²) < 4.78 is 76.2. The van der Waals surface area contributed by atoms with Gasteiger partial charge in [-0.1, -0.05) is 59.6 Å². The first-order valence-corrected chi connectivity index (χ1v) is 12.1. The zero-order valence-electron chi connectivity index (χ0n) is 19.8. The van der Waals surface area contributed by atoms with Crippen LogP contribution in [-0.2, 0) is 11.4 Å². The molecule has 4 aromatic rings. The molecule has 11 heteroatoms. The molecule has 198 valence electrons. The van der Waals surface area contributed by atoms with Crippen LogP contribution in [0.3, 0.4) is 0 Å². The highest BCUT2D eigenvalue weighted by molar-refractivity contribution is 6.35. The highest BCUT2D eigenvalue weighted by Crippen LogP contribution is 2.36. The summed E-state index contributed by atoms with van der Waals surface area (Å²) >= 11 is 12.2. The van der Waals surface area contributed by atoms with Crippen molar-refractivity contribution in [2.24, 2.45) is 5.10 Å². The Morgan fingerprint density at radius 1 is 0.897 bits per heavy atom. The van der Waals surface area contributed by atoms with Crippen molar-refractivity contribution in [3.8, 4) is 5.75 Å². The van der Waals surface area contributed by atoms with Crippen LogP contribution in [0.5, 0.6) is 5.75 Å². The first kappa shape index (κ1) is 26.6. The molecule has 0 atom stereocenters. The van der Waals surface area contributed by atoms with Gasteiger partial charge in [0.2, 0.25) is 5.82 Å². The van der Waals surface area contributed by atoms with E-state index >= 15 is 0 Å². The number of hydrogen-bond donors (Lipinski definition) is 0.